The Morgan fingerprint density at radius 2 is 1.10 bits per heavy atom. The SMILES string of the molecule is CCC1(CC)CC(=O)C(CC)(CC)C(CC)(CC)C1=O. The zero-order chi connectivity index (χ0) is 15.6. The zero-order valence-corrected chi connectivity index (χ0v) is 14.3. The first-order chi connectivity index (χ1) is 9.40. The van der Waals surface area contributed by atoms with E-state index in [9.17, 15) is 9.59 Å². The molecule has 20 heavy (non-hydrogen) atoms. The third-order valence-electron chi connectivity index (χ3n) is 6.63. The second kappa shape index (κ2) is 5.99. The lowest BCUT2D eigenvalue weighted by Crippen LogP contribution is -2.61. The molecule has 0 bridgehead atoms. The summed E-state index contributed by atoms with van der Waals surface area (Å²) in [6, 6.07) is 0. The summed E-state index contributed by atoms with van der Waals surface area (Å²) in [7, 11) is 0. The molecule has 1 aliphatic carbocycles. The van der Waals surface area contributed by atoms with Crippen LogP contribution in [0.2, 0.25) is 0 Å². The summed E-state index contributed by atoms with van der Waals surface area (Å²) < 4.78 is 0. The van der Waals surface area contributed by atoms with Gasteiger partial charge in [-0.25, -0.2) is 0 Å². The molecular formula is C18H32O2. The number of hydrogen-bond donors (Lipinski definition) is 0. The molecule has 0 aliphatic heterocycles. The fourth-order valence-electron chi connectivity index (χ4n) is 4.94. The van der Waals surface area contributed by atoms with Crippen LogP contribution in [0.4, 0.5) is 0 Å². The predicted molar refractivity (Wildman–Crippen MR) is 83.7 cm³/mol. The summed E-state index contributed by atoms with van der Waals surface area (Å²) in [4.78, 5) is 26.5. The first kappa shape index (κ1) is 17.4. The van der Waals surface area contributed by atoms with E-state index in [1.165, 1.54) is 0 Å². The molecule has 0 amide bonds. The number of hydrogen-bond acceptors (Lipinski definition) is 2. The van der Waals surface area contributed by atoms with Crippen molar-refractivity contribution in [3.05, 3.63) is 0 Å². The minimum atomic E-state index is -0.447. The number of ketones is 2. The molecule has 1 rings (SSSR count). The van der Waals surface area contributed by atoms with Crippen LogP contribution in [0.1, 0.15) is 86.5 Å². The van der Waals surface area contributed by atoms with E-state index in [0.29, 0.717) is 18.0 Å². The summed E-state index contributed by atoms with van der Waals surface area (Å²) in [6.45, 7) is 12.5. The number of carbonyl (C=O) groups is 2. The highest BCUT2D eigenvalue weighted by atomic mass is 16.1. The van der Waals surface area contributed by atoms with Crippen LogP contribution in [0.15, 0.2) is 0 Å². The van der Waals surface area contributed by atoms with Gasteiger partial charge in [-0.05, 0) is 38.5 Å². The molecule has 0 atom stereocenters. The molecular weight excluding hydrogens is 248 g/mol. The first-order valence-corrected chi connectivity index (χ1v) is 8.48. The van der Waals surface area contributed by atoms with Crippen molar-refractivity contribution in [2.24, 2.45) is 16.2 Å². The highest BCUT2D eigenvalue weighted by Crippen LogP contribution is 2.60. The second-order valence-corrected chi connectivity index (χ2v) is 6.49. The largest absolute Gasteiger partial charge is 0.299 e. The molecule has 1 fully saturated rings. The lowest BCUT2D eigenvalue weighted by Gasteiger charge is -2.56. The third kappa shape index (κ3) is 1.90. The summed E-state index contributed by atoms with van der Waals surface area (Å²) >= 11 is 0. The Balaban J connectivity index is 3.56. The van der Waals surface area contributed by atoms with Gasteiger partial charge in [-0.1, -0.05) is 41.5 Å². The van der Waals surface area contributed by atoms with Crippen molar-refractivity contribution in [3.8, 4) is 0 Å². The Morgan fingerprint density at radius 1 is 0.700 bits per heavy atom. The number of Topliss-reactive ketones (excluding diaryl/α,β-unsaturated/α-hetero) is 2. The molecule has 116 valence electrons. The molecule has 0 N–H and O–H groups in total. The maximum absolute atomic E-state index is 13.4. The van der Waals surface area contributed by atoms with Gasteiger partial charge in [0.25, 0.3) is 0 Å². The van der Waals surface area contributed by atoms with Crippen LogP contribution in [0.25, 0.3) is 0 Å². The van der Waals surface area contributed by atoms with E-state index in [2.05, 4.69) is 41.5 Å². The van der Waals surface area contributed by atoms with E-state index in [0.717, 1.165) is 38.5 Å². The molecule has 0 heterocycles. The van der Waals surface area contributed by atoms with Gasteiger partial charge in [-0.3, -0.25) is 9.59 Å². The van der Waals surface area contributed by atoms with Crippen molar-refractivity contribution in [3.63, 3.8) is 0 Å². The highest BCUT2D eigenvalue weighted by Gasteiger charge is 2.64. The van der Waals surface area contributed by atoms with Gasteiger partial charge in [0.05, 0.1) is 0 Å². The van der Waals surface area contributed by atoms with Crippen LogP contribution in [0.3, 0.4) is 0 Å². The second-order valence-electron chi connectivity index (χ2n) is 6.49. The average Bonchev–Trinajstić information content (AvgIpc) is 2.49. The van der Waals surface area contributed by atoms with Gasteiger partial charge in [0.15, 0.2) is 0 Å². The van der Waals surface area contributed by atoms with Crippen LogP contribution in [-0.4, -0.2) is 11.6 Å². The maximum atomic E-state index is 13.4. The van der Waals surface area contributed by atoms with Gasteiger partial charge in [-0.15, -0.1) is 0 Å². The van der Waals surface area contributed by atoms with E-state index >= 15 is 0 Å². The molecule has 0 aromatic rings. The topological polar surface area (TPSA) is 34.1 Å². The molecule has 0 aromatic heterocycles. The molecule has 1 aliphatic rings. The van der Waals surface area contributed by atoms with Gasteiger partial charge >= 0.3 is 0 Å². The normalized spacial score (nSPS) is 23.9. The third-order valence-corrected chi connectivity index (χ3v) is 6.63. The van der Waals surface area contributed by atoms with E-state index in [4.69, 9.17) is 0 Å². The zero-order valence-electron chi connectivity index (χ0n) is 14.3. The fraction of sp³-hybridized carbons (Fsp3) is 0.889. The molecule has 0 spiro atoms. The van der Waals surface area contributed by atoms with Crippen molar-refractivity contribution in [1.29, 1.82) is 0 Å². The molecule has 0 unspecified atom stereocenters. The first-order valence-electron chi connectivity index (χ1n) is 8.48. The van der Waals surface area contributed by atoms with Crippen LogP contribution in [0.5, 0.6) is 0 Å². The quantitative estimate of drug-likeness (QED) is 0.690. The van der Waals surface area contributed by atoms with Gasteiger partial charge in [0, 0.05) is 22.7 Å². The fourth-order valence-corrected chi connectivity index (χ4v) is 4.94. The highest BCUT2D eigenvalue weighted by molar-refractivity contribution is 6.05. The summed E-state index contributed by atoms with van der Waals surface area (Å²) in [6.07, 6.45) is 5.20. The maximum Gasteiger partial charge on any atom is 0.146 e. The monoisotopic (exact) mass is 280 g/mol. The number of rotatable bonds is 6. The van der Waals surface area contributed by atoms with Crippen molar-refractivity contribution >= 4 is 11.6 Å². The van der Waals surface area contributed by atoms with Crippen LogP contribution in [0, 0.1) is 16.2 Å². The summed E-state index contributed by atoms with van der Waals surface area (Å²) in [5, 5.41) is 0. The van der Waals surface area contributed by atoms with Crippen LogP contribution < -0.4 is 0 Å². The minimum Gasteiger partial charge on any atom is -0.299 e. The van der Waals surface area contributed by atoms with E-state index in [-0.39, 0.29) is 0 Å². The Bertz CT molecular complexity index is 369. The Kier molecular flexibility index (Phi) is 5.21. The molecule has 2 nitrogen and oxygen atoms in total. The predicted octanol–water partition coefficient (Wildman–Crippen LogP) is 4.95. The molecule has 2 heteroatoms. The van der Waals surface area contributed by atoms with Crippen LogP contribution in [-0.2, 0) is 9.59 Å². The Labute approximate surface area is 124 Å². The average molecular weight is 280 g/mol. The smallest absolute Gasteiger partial charge is 0.146 e. The van der Waals surface area contributed by atoms with Gasteiger partial charge in [0.2, 0.25) is 0 Å². The van der Waals surface area contributed by atoms with Crippen molar-refractivity contribution < 1.29 is 9.59 Å². The van der Waals surface area contributed by atoms with E-state index < -0.39 is 16.2 Å². The summed E-state index contributed by atoms with van der Waals surface area (Å²) in [5.74, 6) is 0.720. The Hall–Kier alpha value is -0.660. The summed E-state index contributed by atoms with van der Waals surface area (Å²) in [5.41, 5.74) is -1.28. The van der Waals surface area contributed by atoms with Crippen LogP contribution >= 0.6 is 0 Å². The van der Waals surface area contributed by atoms with Gasteiger partial charge < -0.3 is 0 Å². The van der Waals surface area contributed by atoms with Gasteiger partial charge in [-0.2, -0.15) is 0 Å². The number of carbonyl (C=O) groups excluding carboxylic acids is 2. The van der Waals surface area contributed by atoms with E-state index in [1.54, 1.807) is 0 Å². The molecule has 1 saturated carbocycles. The lowest BCUT2D eigenvalue weighted by molar-refractivity contribution is -0.171. The minimum absolute atomic E-state index is 0.342. The van der Waals surface area contributed by atoms with E-state index in [1.807, 2.05) is 0 Å². The standard InChI is InChI=1S/C18H32O2/c1-7-16(8-2)13-14(19)17(9-3,10-4)18(11-5,12-6)15(16)20/h7-13H2,1-6H3. The van der Waals surface area contributed by atoms with Crippen molar-refractivity contribution in [2.75, 3.05) is 0 Å². The van der Waals surface area contributed by atoms with Crippen molar-refractivity contribution in [1.82, 2.24) is 0 Å². The lowest BCUT2D eigenvalue weighted by atomic mass is 9.44. The van der Waals surface area contributed by atoms with Crippen molar-refractivity contribution in [2.45, 2.75) is 86.5 Å². The Morgan fingerprint density at radius 3 is 1.40 bits per heavy atom. The van der Waals surface area contributed by atoms with Gasteiger partial charge in [0.1, 0.15) is 11.6 Å². The molecule has 0 saturated heterocycles. The molecule has 0 aromatic carbocycles. The molecule has 0 radical (unpaired) electrons.